The van der Waals surface area contributed by atoms with Crippen LogP contribution in [0.25, 0.3) is 6.08 Å². The van der Waals surface area contributed by atoms with Crippen LogP contribution < -0.4 is 20.1 Å². The summed E-state index contributed by atoms with van der Waals surface area (Å²) < 4.78 is 11.9. The summed E-state index contributed by atoms with van der Waals surface area (Å²) >= 11 is 2.11. The van der Waals surface area contributed by atoms with Crippen molar-refractivity contribution in [3.8, 4) is 17.6 Å². The van der Waals surface area contributed by atoms with E-state index >= 15 is 0 Å². The molecule has 1 saturated heterocycles. The van der Waals surface area contributed by atoms with Gasteiger partial charge in [0.25, 0.3) is 5.91 Å². The number of benzene rings is 3. The number of amides is 4. The highest BCUT2D eigenvalue weighted by Crippen LogP contribution is 2.26. The predicted molar refractivity (Wildman–Crippen MR) is 144 cm³/mol. The molecule has 4 rings (SSSR count). The molecule has 186 valence electrons. The predicted octanol–water partition coefficient (Wildman–Crippen LogP) is 4.28. The summed E-state index contributed by atoms with van der Waals surface area (Å²) in [5.74, 6) is -0.0660. The summed E-state index contributed by atoms with van der Waals surface area (Å²) in [6, 6.07) is 20.8. The number of nitriles is 1. The van der Waals surface area contributed by atoms with E-state index in [2.05, 4.69) is 39.3 Å². The molecule has 4 amide bonds. The van der Waals surface area contributed by atoms with Crippen LogP contribution >= 0.6 is 22.6 Å². The molecule has 0 spiro atoms. The van der Waals surface area contributed by atoms with E-state index in [9.17, 15) is 19.6 Å². The van der Waals surface area contributed by atoms with Gasteiger partial charge in [0.05, 0.1) is 28.0 Å². The Labute approximate surface area is 226 Å². The van der Waals surface area contributed by atoms with Gasteiger partial charge in [-0.2, -0.15) is 5.26 Å². The quantitative estimate of drug-likeness (QED) is 0.224. The molecule has 37 heavy (non-hydrogen) atoms. The van der Waals surface area contributed by atoms with Gasteiger partial charge in [0.1, 0.15) is 30.3 Å². The monoisotopic (exact) mass is 608 g/mol. The average Bonchev–Trinajstić information content (AvgIpc) is 3.15. The van der Waals surface area contributed by atoms with Crippen molar-refractivity contribution in [3.63, 3.8) is 0 Å². The highest BCUT2D eigenvalue weighted by atomic mass is 127. The number of carbonyl (C=O) groups is 3. The van der Waals surface area contributed by atoms with Crippen LogP contribution in [0.3, 0.4) is 0 Å². The largest absolute Gasteiger partial charge is 0.495 e. The number of rotatable bonds is 8. The van der Waals surface area contributed by atoms with Crippen molar-refractivity contribution in [1.29, 1.82) is 5.26 Å². The molecule has 0 unspecified atom stereocenters. The number of imide groups is 1. The topological polar surface area (TPSA) is 121 Å². The Bertz CT molecular complexity index is 1450. The fourth-order valence-electron chi connectivity index (χ4n) is 3.60. The number of halogens is 1. The van der Waals surface area contributed by atoms with Gasteiger partial charge in [-0.05, 0) is 64.6 Å². The number of hydrogen-bond acceptors (Lipinski definition) is 6. The molecule has 2 N–H and O–H groups in total. The third kappa shape index (κ3) is 6.07. The van der Waals surface area contributed by atoms with Gasteiger partial charge in [0.2, 0.25) is 5.91 Å². The Balaban J connectivity index is 1.41. The van der Waals surface area contributed by atoms with Crippen LogP contribution in [-0.2, 0) is 16.2 Å². The van der Waals surface area contributed by atoms with Crippen LogP contribution in [0.2, 0.25) is 0 Å². The van der Waals surface area contributed by atoms with Crippen LogP contribution in [0.4, 0.5) is 10.5 Å². The van der Waals surface area contributed by atoms with Gasteiger partial charge >= 0.3 is 6.03 Å². The lowest BCUT2D eigenvalue weighted by Gasteiger charge is -2.13. The van der Waals surface area contributed by atoms with Crippen molar-refractivity contribution in [2.45, 2.75) is 6.61 Å². The molecular formula is C27H21IN4O5. The van der Waals surface area contributed by atoms with Crippen molar-refractivity contribution >= 4 is 52.2 Å². The number of anilines is 1. The van der Waals surface area contributed by atoms with E-state index in [4.69, 9.17) is 9.47 Å². The molecular weight excluding hydrogens is 587 g/mol. The van der Waals surface area contributed by atoms with Gasteiger partial charge in [-0.25, -0.2) is 9.69 Å². The van der Waals surface area contributed by atoms with E-state index in [0.29, 0.717) is 28.3 Å². The zero-order valence-corrected chi connectivity index (χ0v) is 21.8. The van der Waals surface area contributed by atoms with Crippen molar-refractivity contribution in [2.24, 2.45) is 0 Å². The number of ether oxygens (including phenoxy) is 2. The summed E-state index contributed by atoms with van der Waals surface area (Å²) in [7, 11) is 1.48. The number of para-hydroxylation sites is 2. The molecule has 3 aromatic rings. The van der Waals surface area contributed by atoms with E-state index in [-0.39, 0.29) is 12.3 Å². The van der Waals surface area contributed by atoms with Gasteiger partial charge in [-0.3, -0.25) is 9.59 Å². The Morgan fingerprint density at radius 1 is 1.11 bits per heavy atom. The lowest BCUT2D eigenvalue weighted by molar-refractivity contribution is -0.127. The molecule has 1 fully saturated rings. The summed E-state index contributed by atoms with van der Waals surface area (Å²) in [4.78, 5) is 38.5. The van der Waals surface area contributed by atoms with Gasteiger partial charge < -0.3 is 20.1 Å². The van der Waals surface area contributed by atoms with Crippen molar-refractivity contribution in [3.05, 3.63) is 92.7 Å². The first-order chi connectivity index (χ1) is 17.9. The Morgan fingerprint density at radius 3 is 2.62 bits per heavy atom. The van der Waals surface area contributed by atoms with Gasteiger partial charge in [0, 0.05) is 5.56 Å². The Hall–Kier alpha value is -4.37. The molecule has 9 nitrogen and oxygen atoms in total. The van der Waals surface area contributed by atoms with Crippen LogP contribution in [0.15, 0.2) is 72.4 Å². The molecule has 1 aliphatic rings. The second-order valence-electron chi connectivity index (χ2n) is 7.88. The average molecular weight is 608 g/mol. The molecule has 0 atom stereocenters. The maximum Gasteiger partial charge on any atom is 0.329 e. The normalized spacial score (nSPS) is 13.8. The van der Waals surface area contributed by atoms with Crippen LogP contribution in [-0.4, -0.2) is 36.4 Å². The molecule has 0 aliphatic carbocycles. The van der Waals surface area contributed by atoms with Gasteiger partial charge in [0.15, 0.2) is 0 Å². The molecule has 0 saturated carbocycles. The maximum atomic E-state index is 12.8. The van der Waals surface area contributed by atoms with Crippen molar-refractivity contribution in [2.75, 3.05) is 19.0 Å². The van der Waals surface area contributed by atoms with E-state index in [1.54, 1.807) is 54.6 Å². The number of methoxy groups -OCH3 is 1. The fourth-order valence-corrected chi connectivity index (χ4v) is 4.29. The lowest BCUT2D eigenvalue weighted by Crippen LogP contribution is -2.38. The van der Waals surface area contributed by atoms with Crippen molar-refractivity contribution < 1.29 is 23.9 Å². The van der Waals surface area contributed by atoms with E-state index in [1.165, 1.54) is 13.2 Å². The van der Waals surface area contributed by atoms with Crippen LogP contribution in [0, 0.1) is 14.9 Å². The zero-order valence-electron chi connectivity index (χ0n) is 19.7. The second kappa shape index (κ2) is 11.6. The molecule has 10 heteroatoms. The highest BCUT2D eigenvalue weighted by molar-refractivity contribution is 14.1. The minimum atomic E-state index is -0.683. The third-order valence-electron chi connectivity index (χ3n) is 5.43. The Kier molecular flexibility index (Phi) is 8.05. The first-order valence-corrected chi connectivity index (χ1v) is 12.1. The number of urea groups is 1. The van der Waals surface area contributed by atoms with Gasteiger partial charge in [-0.1, -0.05) is 36.4 Å². The molecule has 0 bridgehead atoms. The molecule has 1 aliphatic heterocycles. The van der Waals surface area contributed by atoms with Crippen LogP contribution in [0.1, 0.15) is 16.7 Å². The summed E-state index contributed by atoms with van der Waals surface area (Å²) in [5.41, 5.74) is 2.49. The number of nitrogens with one attached hydrogen (secondary N) is 2. The van der Waals surface area contributed by atoms with Crippen LogP contribution in [0.5, 0.6) is 11.5 Å². The first kappa shape index (κ1) is 25.7. The standard InChI is InChI=1S/C27H21IN4O5/c1-36-24-9-5-4-8-21(24)30-25(33)15-32-26(34)22(31-27(32)35)13-17-10-11-23(20(28)12-17)37-16-19-7-3-2-6-18(19)14-29/h2-13H,15-16H2,1H3,(H,30,33)(H,31,35)/b22-13+. The molecule has 1 heterocycles. The number of hydrogen-bond donors (Lipinski definition) is 2. The number of carbonyl (C=O) groups excluding carboxylic acids is 3. The molecule has 0 radical (unpaired) electrons. The lowest BCUT2D eigenvalue weighted by atomic mass is 10.1. The maximum absolute atomic E-state index is 12.8. The minimum absolute atomic E-state index is 0.0579. The SMILES string of the molecule is COc1ccccc1NC(=O)CN1C(=O)N/C(=C/c2ccc(OCc3ccccc3C#N)c(I)c2)C1=O. The number of nitrogens with zero attached hydrogens (tertiary/aromatic N) is 2. The Morgan fingerprint density at radius 2 is 1.86 bits per heavy atom. The zero-order chi connectivity index (χ0) is 26.4. The molecule has 0 aromatic heterocycles. The second-order valence-corrected chi connectivity index (χ2v) is 9.04. The van der Waals surface area contributed by atoms with Crippen molar-refractivity contribution in [1.82, 2.24) is 10.2 Å². The van der Waals surface area contributed by atoms with Gasteiger partial charge in [-0.15, -0.1) is 0 Å². The molecule has 3 aromatic carbocycles. The summed E-state index contributed by atoms with van der Waals surface area (Å²) in [6.45, 7) is -0.213. The first-order valence-electron chi connectivity index (χ1n) is 11.1. The summed E-state index contributed by atoms with van der Waals surface area (Å²) in [6.07, 6.45) is 1.54. The summed E-state index contributed by atoms with van der Waals surface area (Å²) in [5, 5.41) is 14.4. The smallest absolute Gasteiger partial charge is 0.329 e. The van der Waals surface area contributed by atoms with E-state index < -0.39 is 24.4 Å². The third-order valence-corrected chi connectivity index (χ3v) is 6.28. The minimum Gasteiger partial charge on any atom is -0.495 e. The van der Waals surface area contributed by atoms with E-state index in [1.807, 2.05) is 12.1 Å². The fraction of sp³-hybridized carbons (Fsp3) is 0.111. The van der Waals surface area contributed by atoms with E-state index in [0.717, 1.165) is 14.0 Å². The highest BCUT2D eigenvalue weighted by Gasteiger charge is 2.35.